The van der Waals surface area contributed by atoms with Gasteiger partial charge in [0.05, 0.1) is 26.2 Å². The Hall–Kier alpha value is 0.190. The van der Waals surface area contributed by atoms with Crippen LogP contribution in [-0.4, -0.2) is 121 Å². The molecule has 4 rings (SSSR count). The topological polar surface area (TPSA) is 19.4 Å². The van der Waals surface area contributed by atoms with Gasteiger partial charge in [0.2, 0.25) is 0 Å². The van der Waals surface area contributed by atoms with Gasteiger partial charge in [0.1, 0.15) is 0 Å². The van der Waals surface area contributed by atoms with Crippen LogP contribution in [0, 0.1) is 0 Å². The van der Waals surface area contributed by atoms with Gasteiger partial charge in [-0.25, -0.2) is 0 Å². The Morgan fingerprint density at radius 2 is 0.680 bits per heavy atom. The highest BCUT2D eigenvalue weighted by molar-refractivity contribution is 7.66. The van der Waals surface area contributed by atoms with Gasteiger partial charge in [-0.3, -0.25) is 0 Å². The number of hydrogen-bond acceptors (Lipinski definition) is 6. The van der Waals surface area contributed by atoms with E-state index in [1.54, 1.807) is 0 Å². The zero-order chi connectivity index (χ0) is 17.3. The van der Waals surface area contributed by atoms with Crippen LogP contribution >= 0.6 is 7.87 Å². The molecule has 7 heteroatoms. The molecule has 4 heterocycles. The summed E-state index contributed by atoms with van der Waals surface area (Å²) >= 11 is 0. The van der Waals surface area contributed by atoms with Crippen LogP contribution in [-0.2, 0) is 0 Å². The maximum absolute atomic E-state index is 2.97. The quantitative estimate of drug-likeness (QED) is 0.692. The van der Waals surface area contributed by atoms with E-state index in [2.05, 4.69) is 42.6 Å². The molecule has 0 N–H and O–H groups in total. The molecule has 0 saturated carbocycles. The molecule has 0 bridgehead atoms. The predicted molar refractivity (Wildman–Crippen MR) is 107 cm³/mol. The molecule has 4 fully saturated rings. The Labute approximate surface area is 155 Å². The molecule has 4 saturated heterocycles. The summed E-state index contributed by atoms with van der Waals surface area (Å²) in [7, 11) is 3.07. The van der Waals surface area contributed by atoms with Gasteiger partial charge in [0.25, 0.3) is 0 Å². The van der Waals surface area contributed by atoms with Crippen molar-refractivity contribution in [3.05, 3.63) is 0 Å². The molecule has 6 nitrogen and oxygen atoms in total. The molecule has 4 aliphatic heterocycles. The molecule has 0 spiro atoms. The van der Waals surface area contributed by atoms with Crippen LogP contribution in [0.5, 0.6) is 0 Å². The highest BCUT2D eigenvalue weighted by Gasteiger charge is 2.62. The molecule has 0 unspecified atom stereocenters. The summed E-state index contributed by atoms with van der Waals surface area (Å²) in [4.78, 5) is 5.03. The molecule has 25 heavy (non-hydrogen) atoms. The first kappa shape index (κ1) is 18.5. The lowest BCUT2D eigenvalue weighted by molar-refractivity contribution is 0.159. The second-order valence-corrected chi connectivity index (χ2v) is 11.7. The van der Waals surface area contributed by atoms with E-state index < -0.39 is 7.87 Å². The lowest BCUT2D eigenvalue weighted by Crippen LogP contribution is -2.59. The van der Waals surface area contributed by atoms with Crippen molar-refractivity contribution in [3.8, 4) is 0 Å². The second-order valence-electron chi connectivity index (χ2n) is 8.37. The number of hydrogen-bond donors (Lipinski definition) is 0. The fraction of sp³-hybridized carbons (Fsp3) is 1.00. The summed E-state index contributed by atoms with van der Waals surface area (Å²) in [5, 5.41) is 0. The standard InChI is InChI=1S/C18H38N6P/c1-19-11-15-23(16-12-19)25(21-7-3-4-8-21,22-9-5-6-10-22)24-17-13-20(2)14-18-24/h3-18H2,1-2H3/q+1. The van der Waals surface area contributed by atoms with Gasteiger partial charge in [-0.15, -0.1) is 18.7 Å². The third-order valence-electron chi connectivity index (χ3n) is 6.64. The maximum Gasteiger partial charge on any atom is 0.308 e. The second kappa shape index (κ2) is 8.05. The molecule has 4 aliphatic rings. The zero-order valence-corrected chi connectivity index (χ0v) is 17.3. The van der Waals surface area contributed by atoms with E-state index in [0.717, 1.165) is 0 Å². The first-order valence-electron chi connectivity index (χ1n) is 10.5. The fourth-order valence-electron chi connectivity index (χ4n) is 5.14. The van der Waals surface area contributed by atoms with Crippen molar-refractivity contribution in [1.82, 2.24) is 28.5 Å². The van der Waals surface area contributed by atoms with E-state index in [1.165, 1.54) is 104 Å². The Balaban J connectivity index is 1.68. The molecule has 0 radical (unpaired) electrons. The smallest absolute Gasteiger partial charge is 0.304 e. The Bertz CT molecular complexity index is 381. The van der Waals surface area contributed by atoms with Crippen LogP contribution in [0.2, 0.25) is 0 Å². The summed E-state index contributed by atoms with van der Waals surface area (Å²) in [5.41, 5.74) is 0. The van der Waals surface area contributed by atoms with E-state index in [4.69, 9.17) is 0 Å². The summed E-state index contributed by atoms with van der Waals surface area (Å²) in [5.74, 6) is 0. The predicted octanol–water partition coefficient (Wildman–Crippen LogP) is 1.35. The van der Waals surface area contributed by atoms with Crippen LogP contribution in [0.4, 0.5) is 0 Å². The number of nitrogens with zero attached hydrogens (tertiary/aromatic N) is 6. The van der Waals surface area contributed by atoms with Gasteiger partial charge in [-0.2, -0.15) is 0 Å². The third kappa shape index (κ3) is 3.52. The van der Waals surface area contributed by atoms with Gasteiger partial charge in [0.15, 0.2) is 0 Å². The molecule has 0 amide bonds. The largest absolute Gasteiger partial charge is 0.308 e. The van der Waals surface area contributed by atoms with Crippen LogP contribution in [0.15, 0.2) is 0 Å². The zero-order valence-electron chi connectivity index (χ0n) is 16.4. The van der Waals surface area contributed by atoms with Gasteiger partial charge >= 0.3 is 7.87 Å². The van der Waals surface area contributed by atoms with Crippen molar-refractivity contribution >= 4 is 7.87 Å². The van der Waals surface area contributed by atoms with Gasteiger partial charge in [-0.1, -0.05) is 0 Å². The van der Waals surface area contributed by atoms with Crippen LogP contribution < -0.4 is 0 Å². The van der Waals surface area contributed by atoms with E-state index in [1.807, 2.05) is 0 Å². The Morgan fingerprint density at radius 3 is 1.00 bits per heavy atom. The van der Waals surface area contributed by atoms with Crippen molar-refractivity contribution in [1.29, 1.82) is 0 Å². The van der Waals surface area contributed by atoms with Crippen molar-refractivity contribution in [2.75, 3.05) is 92.6 Å². The molecule has 0 aromatic heterocycles. The van der Waals surface area contributed by atoms with Crippen molar-refractivity contribution in [2.45, 2.75) is 25.7 Å². The molecule has 0 aromatic rings. The minimum absolute atomic E-state index is 1.23. The average Bonchev–Trinajstić information content (AvgIpc) is 3.33. The highest BCUT2D eigenvalue weighted by atomic mass is 31.2. The minimum Gasteiger partial charge on any atom is -0.304 e. The number of rotatable bonds is 4. The molecule has 0 aromatic carbocycles. The molecular weight excluding hydrogens is 331 g/mol. The summed E-state index contributed by atoms with van der Waals surface area (Å²) in [6.07, 6.45) is 5.60. The molecule has 144 valence electrons. The summed E-state index contributed by atoms with van der Waals surface area (Å²) < 4.78 is 11.9. The van der Waals surface area contributed by atoms with Gasteiger partial charge in [-0.05, 0) is 39.8 Å². The molecular formula is C18H38N6P+. The number of piperazine rings is 2. The monoisotopic (exact) mass is 369 g/mol. The van der Waals surface area contributed by atoms with Crippen molar-refractivity contribution < 1.29 is 0 Å². The molecule has 0 atom stereocenters. The third-order valence-corrected chi connectivity index (χ3v) is 11.3. The lowest BCUT2D eigenvalue weighted by atomic mass is 10.4. The summed E-state index contributed by atoms with van der Waals surface area (Å²) in [6, 6.07) is 0. The van der Waals surface area contributed by atoms with E-state index >= 15 is 0 Å². The SMILES string of the molecule is CN1CCN([P+](N2CCCC2)(N2CCCC2)N2CCN(C)CC2)CC1. The van der Waals surface area contributed by atoms with Crippen LogP contribution in [0.3, 0.4) is 0 Å². The maximum atomic E-state index is 2.97. The minimum atomic E-state index is -1.52. The summed E-state index contributed by atoms with van der Waals surface area (Å²) in [6.45, 7) is 15.2. The average molecular weight is 370 g/mol. The number of likely N-dealkylation sites (N-methyl/N-ethyl adjacent to an activating group) is 2. The van der Waals surface area contributed by atoms with Crippen molar-refractivity contribution in [3.63, 3.8) is 0 Å². The van der Waals surface area contributed by atoms with Gasteiger partial charge in [0, 0.05) is 52.4 Å². The normalized spacial score (nSPS) is 30.5. The Morgan fingerprint density at radius 1 is 0.400 bits per heavy atom. The molecule has 0 aliphatic carbocycles. The fourth-order valence-corrected chi connectivity index (χ4v) is 10.4. The first-order chi connectivity index (χ1) is 12.2. The van der Waals surface area contributed by atoms with E-state index in [9.17, 15) is 0 Å². The van der Waals surface area contributed by atoms with Gasteiger partial charge < -0.3 is 9.80 Å². The van der Waals surface area contributed by atoms with E-state index in [-0.39, 0.29) is 0 Å². The highest BCUT2D eigenvalue weighted by Crippen LogP contribution is 2.71. The van der Waals surface area contributed by atoms with E-state index in [0.29, 0.717) is 0 Å². The van der Waals surface area contributed by atoms with Crippen LogP contribution in [0.1, 0.15) is 25.7 Å². The van der Waals surface area contributed by atoms with Crippen LogP contribution in [0.25, 0.3) is 0 Å². The Kier molecular flexibility index (Phi) is 5.98. The van der Waals surface area contributed by atoms with Crippen molar-refractivity contribution in [2.24, 2.45) is 0 Å². The lowest BCUT2D eigenvalue weighted by Gasteiger charge is -2.52. The first-order valence-corrected chi connectivity index (χ1v) is 12.1.